The van der Waals surface area contributed by atoms with Gasteiger partial charge in [-0.1, -0.05) is 19.9 Å². The molecule has 2 aliphatic rings. The lowest BCUT2D eigenvalue weighted by Gasteiger charge is -2.45. The van der Waals surface area contributed by atoms with E-state index in [1.165, 1.54) is 11.6 Å². The second kappa shape index (κ2) is 11.0. The molecule has 196 valence electrons. The van der Waals surface area contributed by atoms with Crippen LogP contribution in [0.25, 0.3) is 0 Å². The van der Waals surface area contributed by atoms with E-state index in [9.17, 15) is 13.6 Å². The minimum atomic E-state index is -0.989. The SMILES string of the molecule is COc1ccc([C@@]23CC[C@H](NC(=O)Nc4ccc(F)c(F)c4)C[C@H]2N(CCC(C)C)CC3)cc1OC. The molecule has 8 heteroatoms. The van der Waals surface area contributed by atoms with Gasteiger partial charge in [-0.05, 0) is 80.9 Å². The summed E-state index contributed by atoms with van der Waals surface area (Å²) in [5, 5.41) is 5.71. The highest BCUT2D eigenvalue weighted by molar-refractivity contribution is 5.89. The van der Waals surface area contributed by atoms with Gasteiger partial charge in [-0.3, -0.25) is 4.90 Å². The molecule has 2 N–H and O–H groups in total. The van der Waals surface area contributed by atoms with Crippen LogP contribution in [0.15, 0.2) is 36.4 Å². The van der Waals surface area contributed by atoms with Gasteiger partial charge in [0.2, 0.25) is 0 Å². The van der Waals surface area contributed by atoms with Crippen LogP contribution < -0.4 is 20.1 Å². The molecule has 2 amide bonds. The molecule has 0 unspecified atom stereocenters. The Balaban J connectivity index is 1.52. The van der Waals surface area contributed by atoms with E-state index in [2.05, 4.69) is 41.5 Å². The Labute approximate surface area is 212 Å². The predicted octanol–water partition coefficient (Wildman–Crippen LogP) is 5.71. The zero-order chi connectivity index (χ0) is 25.9. The number of rotatable bonds is 8. The smallest absolute Gasteiger partial charge is 0.319 e. The van der Waals surface area contributed by atoms with Crippen molar-refractivity contribution in [3.63, 3.8) is 0 Å². The monoisotopic (exact) mass is 501 g/mol. The van der Waals surface area contributed by atoms with E-state index < -0.39 is 17.7 Å². The van der Waals surface area contributed by atoms with E-state index in [1.54, 1.807) is 14.2 Å². The molecule has 4 rings (SSSR count). The number of nitrogens with one attached hydrogen (secondary N) is 2. The number of fused-ring (bicyclic) bond motifs is 1. The fourth-order valence-electron chi connectivity index (χ4n) is 5.88. The maximum Gasteiger partial charge on any atom is 0.319 e. The summed E-state index contributed by atoms with van der Waals surface area (Å²) >= 11 is 0. The number of benzene rings is 2. The molecule has 2 fully saturated rings. The second-order valence-electron chi connectivity index (χ2n) is 10.4. The Morgan fingerprint density at radius 1 is 1.08 bits per heavy atom. The van der Waals surface area contributed by atoms with E-state index >= 15 is 0 Å². The Morgan fingerprint density at radius 3 is 2.56 bits per heavy atom. The number of halogens is 2. The summed E-state index contributed by atoms with van der Waals surface area (Å²) in [6, 6.07) is 9.45. The Kier molecular flexibility index (Phi) is 8.03. The zero-order valence-electron chi connectivity index (χ0n) is 21.6. The molecule has 0 spiro atoms. The van der Waals surface area contributed by atoms with Crippen LogP contribution in [0, 0.1) is 17.6 Å². The van der Waals surface area contributed by atoms with Crippen molar-refractivity contribution in [1.82, 2.24) is 10.2 Å². The average Bonchev–Trinajstić information content (AvgIpc) is 3.23. The number of anilines is 1. The van der Waals surface area contributed by atoms with E-state index in [1.807, 2.05) is 6.07 Å². The largest absolute Gasteiger partial charge is 0.493 e. The Hall–Kier alpha value is -2.87. The van der Waals surface area contributed by atoms with Crippen LogP contribution in [0.4, 0.5) is 19.3 Å². The summed E-state index contributed by atoms with van der Waals surface area (Å²) in [4.78, 5) is 15.3. The van der Waals surface area contributed by atoms with Gasteiger partial charge in [-0.25, -0.2) is 13.6 Å². The van der Waals surface area contributed by atoms with Crippen LogP contribution in [-0.4, -0.2) is 50.3 Å². The molecular weight excluding hydrogens is 464 g/mol. The van der Waals surface area contributed by atoms with Crippen molar-refractivity contribution in [3.8, 4) is 11.5 Å². The first-order valence-electron chi connectivity index (χ1n) is 12.7. The lowest BCUT2D eigenvalue weighted by Crippen LogP contribution is -2.53. The first-order chi connectivity index (χ1) is 17.3. The van der Waals surface area contributed by atoms with Gasteiger partial charge in [0.1, 0.15) is 0 Å². The summed E-state index contributed by atoms with van der Waals surface area (Å²) in [6.07, 6.45) is 4.75. The second-order valence-corrected chi connectivity index (χ2v) is 10.4. The number of amides is 2. The fourth-order valence-corrected chi connectivity index (χ4v) is 5.88. The summed E-state index contributed by atoms with van der Waals surface area (Å²) in [6.45, 7) is 6.52. The molecule has 1 aliphatic heterocycles. The third-order valence-electron chi connectivity index (χ3n) is 7.84. The number of likely N-dealkylation sites (tertiary alicyclic amines) is 1. The van der Waals surface area contributed by atoms with Gasteiger partial charge in [-0.15, -0.1) is 0 Å². The van der Waals surface area contributed by atoms with Crippen LogP contribution in [0.3, 0.4) is 0 Å². The fraction of sp³-hybridized carbons (Fsp3) is 0.536. The van der Waals surface area contributed by atoms with Gasteiger partial charge < -0.3 is 20.1 Å². The van der Waals surface area contributed by atoms with E-state index in [4.69, 9.17) is 9.47 Å². The number of carbonyl (C=O) groups excluding carboxylic acids is 1. The predicted molar refractivity (Wildman–Crippen MR) is 137 cm³/mol. The van der Waals surface area contributed by atoms with Crippen LogP contribution in [0.2, 0.25) is 0 Å². The highest BCUT2D eigenvalue weighted by atomic mass is 19.2. The number of methoxy groups -OCH3 is 2. The molecule has 36 heavy (non-hydrogen) atoms. The van der Waals surface area contributed by atoms with E-state index in [0.29, 0.717) is 11.7 Å². The summed E-state index contributed by atoms with van der Waals surface area (Å²) < 4.78 is 37.8. The molecule has 6 nitrogen and oxygen atoms in total. The number of ether oxygens (including phenoxy) is 2. The molecule has 0 radical (unpaired) electrons. The minimum absolute atomic E-state index is 0.0202. The number of hydrogen-bond acceptors (Lipinski definition) is 4. The normalized spacial score (nSPS) is 23.9. The summed E-state index contributed by atoms with van der Waals surface area (Å²) in [5.74, 6) is 0.128. The molecule has 3 atom stereocenters. The number of urea groups is 1. The number of hydrogen-bond donors (Lipinski definition) is 2. The van der Waals surface area contributed by atoms with Crippen LogP contribution in [-0.2, 0) is 5.41 Å². The third-order valence-corrected chi connectivity index (χ3v) is 7.84. The maximum atomic E-state index is 13.5. The Bertz CT molecular complexity index is 1080. The molecule has 1 aliphatic carbocycles. The van der Waals surface area contributed by atoms with Gasteiger partial charge >= 0.3 is 6.03 Å². The summed E-state index contributed by atoms with van der Waals surface area (Å²) in [5.41, 5.74) is 1.45. The average molecular weight is 502 g/mol. The van der Waals surface area contributed by atoms with Crippen molar-refractivity contribution < 1.29 is 23.0 Å². The van der Waals surface area contributed by atoms with Crippen molar-refractivity contribution in [2.24, 2.45) is 5.92 Å². The summed E-state index contributed by atoms with van der Waals surface area (Å²) in [7, 11) is 3.30. The highest BCUT2D eigenvalue weighted by Gasteiger charge is 2.51. The van der Waals surface area contributed by atoms with E-state index in [-0.39, 0.29) is 23.2 Å². The van der Waals surface area contributed by atoms with Gasteiger partial charge in [0.25, 0.3) is 0 Å². The molecule has 1 heterocycles. The van der Waals surface area contributed by atoms with Gasteiger partial charge in [0.05, 0.1) is 14.2 Å². The number of nitrogens with zero attached hydrogens (tertiary/aromatic N) is 1. The van der Waals surface area contributed by atoms with E-state index in [0.717, 1.165) is 63.1 Å². The molecule has 0 bridgehead atoms. The first kappa shape index (κ1) is 26.2. The zero-order valence-corrected chi connectivity index (χ0v) is 21.6. The molecule has 0 aromatic heterocycles. The Morgan fingerprint density at radius 2 is 1.86 bits per heavy atom. The lowest BCUT2D eigenvalue weighted by molar-refractivity contribution is 0.132. The number of carbonyl (C=O) groups is 1. The van der Waals surface area contributed by atoms with Gasteiger partial charge in [-0.2, -0.15) is 0 Å². The van der Waals surface area contributed by atoms with Crippen LogP contribution in [0.5, 0.6) is 11.5 Å². The molecule has 1 saturated carbocycles. The van der Waals surface area contributed by atoms with Crippen molar-refractivity contribution in [2.45, 2.75) is 63.5 Å². The highest BCUT2D eigenvalue weighted by Crippen LogP contribution is 2.50. The molecule has 2 aromatic rings. The van der Waals surface area contributed by atoms with Crippen molar-refractivity contribution in [2.75, 3.05) is 32.6 Å². The maximum absolute atomic E-state index is 13.5. The van der Waals surface area contributed by atoms with Gasteiger partial charge in [0.15, 0.2) is 23.1 Å². The quantitative estimate of drug-likeness (QED) is 0.486. The standard InChI is InChI=1S/C28H37F2N3O3/c1-18(2)10-13-33-14-12-28(19-5-8-24(35-3)25(15-19)36-4)11-9-21(17-26(28)33)32-27(34)31-20-6-7-22(29)23(30)16-20/h5-8,15-16,18,21,26H,9-14,17H2,1-4H3,(H2,31,32,34)/t21-,26+,28-/m0/s1. The van der Waals surface area contributed by atoms with Crippen LogP contribution in [0.1, 0.15) is 51.5 Å². The van der Waals surface area contributed by atoms with Crippen molar-refractivity contribution in [1.29, 1.82) is 0 Å². The molecule has 2 aromatic carbocycles. The molecule has 1 saturated heterocycles. The third kappa shape index (κ3) is 5.43. The van der Waals surface area contributed by atoms with Crippen LogP contribution >= 0.6 is 0 Å². The molecular formula is C28H37F2N3O3. The minimum Gasteiger partial charge on any atom is -0.493 e. The topological polar surface area (TPSA) is 62.8 Å². The van der Waals surface area contributed by atoms with Crippen molar-refractivity contribution >= 4 is 11.7 Å². The van der Waals surface area contributed by atoms with Crippen molar-refractivity contribution in [3.05, 3.63) is 53.6 Å². The lowest BCUT2D eigenvalue weighted by atomic mass is 9.65. The first-order valence-corrected chi connectivity index (χ1v) is 12.7. The van der Waals surface area contributed by atoms with Gasteiger partial charge in [0, 0.05) is 29.3 Å².